The van der Waals surface area contributed by atoms with Gasteiger partial charge in [-0.3, -0.25) is 0 Å². The second-order valence-electron chi connectivity index (χ2n) is 8.27. The Bertz CT molecular complexity index is 1180. The summed E-state index contributed by atoms with van der Waals surface area (Å²) in [4.78, 5) is 5.05. The van der Waals surface area contributed by atoms with Gasteiger partial charge in [0.25, 0.3) is 0 Å². The Morgan fingerprint density at radius 3 is 2.52 bits per heavy atom. The van der Waals surface area contributed by atoms with E-state index >= 15 is 0 Å². The highest BCUT2D eigenvalue weighted by molar-refractivity contribution is 5.83. The molecule has 2 aromatic heterocycles. The van der Waals surface area contributed by atoms with E-state index in [0.29, 0.717) is 6.04 Å². The Kier molecular flexibility index (Phi) is 5.32. The van der Waals surface area contributed by atoms with Crippen molar-refractivity contribution in [2.24, 2.45) is 0 Å². The molecule has 1 fully saturated rings. The van der Waals surface area contributed by atoms with E-state index in [9.17, 15) is 4.39 Å². The van der Waals surface area contributed by atoms with E-state index in [0.717, 1.165) is 83.9 Å². The van der Waals surface area contributed by atoms with Crippen molar-refractivity contribution in [1.29, 1.82) is 0 Å². The quantitative estimate of drug-likeness (QED) is 0.423. The molecule has 5 rings (SSSR count). The average molecular weight is 420 g/mol. The maximum Gasteiger partial charge on any atom is 0.141 e. The van der Waals surface area contributed by atoms with E-state index in [2.05, 4.69) is 27.9 Å². The molecule has 1 saturated heterocycles. The molecular weight excluding hydrogens is 393 g/mol. The first-order valence-electron chi connectivity index (χ1n) is 10.9. The van der Waals surface area contributed by atoms with Gasteiger partial charge in [-0.1, -0.05) is 23.4 Å². The van der Waals surface area contributed by atoms with E-state index in [4.69, 9.17) is 14.2 Å². The van der Waals surface area contributed by atoms with Crippen LogP contribution in [0.5, 0.6) is 0 Å². The molecule has 0 saturated carbocycles. The van der Waals surface area contributed by atoms with Crippen LogP contribution >= 0.6 is 0 Å². The lowest BCUT2D eigenvalue weighted by Gasteiger charge is -2.26. The molecule has 0 aliphatic carbocycles. The van der Waals surface area contributed by atoms with Crippen LogP contribution in [-0.4, -0.2) is 27.9 Å². The number of benzene rings is 2. The third-order valence-electron chi connectivity index (χ3n) is 6.19. The number of imidazole rings is 1. The van der Waals surface area contributed by atoms with Crippen LogP contribution in [0.1, 0.15) is 41.7 Å². The molecule has 0 unspecified atom stereocenters. The van der Waals surface area contributed by atoms with Gasteiger partial charge in [0, 0.05) is 31.2 Å². The number of nitrogens with zero attached hydrogens (tertiary/aromatic N) is 3. The molecule has 0 bridgehead atoms. The van der Waals surface area contributed by atoms with E-state index in [-0.39, 0.29) is 5.82 Å². The summed E-state index contributed by atoms with van der Waals surface area (Å²) in [5, 5.41) is 4.10. The van der Waals surface area contributed by atoms with Crippen LogP contribution < -0.4 is 0 Å². The van der Waals surface area contributed by atoms with Crippen molar-refractivity contribution in [1.82, 2.24) is 14.7 Å². The number of rotatable bonds is 5. The molecule has 0 radical (unpaired) electrons. The zero-order valence-corrected chi connectivity index (χ0v) is 17.9. The fraction of sp³-hybridized carbons (Fsp3) is 0.360. The van der Waals surface area contributed by atoms with Crippen molar-refractivity contribution >= 4 is 11.0 Å². The molecule has 5 nitrogen and oxygen atoms in total. The lowest BCUT2D eigenvalue weighted by molar-refractivity contribution is 0.0699. The lowest BCUT2D eigenvalue weighted by atomic mass is 10.0. The van der Waals surface area contributed by atoms with Crippen LogP contribution in [-0.2, 0) is 17.6 Å². The highest BCUT2D eigenvalue weighted by atomic mass is 19.1. The number of aromatic nitrogens is 3. The normalized spacial score (nSPS) is 15.1. The summed E-state index contributed by atoms with van der Waals surface area (Å²) in [6, 6.07) is 13.6. The predicted octanol–water partition coefficient (Wildman–Crippen LogP) is 5.58. The van der Waals surface area contributed by atoms with Crippen LogP contribution in [0.25, 0.3) is 22.2 Å². The van der Waals surface area contributed by atoms with Gasteiger partial charge in [-0.05, 0) is 68.5 Å². The summed E-state index contributed by atoms with van der Waals surface area (Å²) in [6.07, 6.45) is 3.60. The summed E-state index contributed by atoms with van der Waals surface area (Å²) < 4.78 is 26.6. The monoisotopic (exact) mass is 419 g/mol. The maximum atomic E-state index is 13.3. The SMILES string of the molecule is Cc1noc(C)c1-c1ccc2c(c1)nc(CCc1ccc(F)cc1)n2C1CCOCC1. The van der Waals surface area contributed by atoms with E-state index in [1.54, 1.807) is 0 Å². The van der Waals surface area contributed by atoms with Crippen molar-refractivity contribution in [2.45, 2.75) is 45.6 Å². The second-order valence-corrected chi connectivity index (χ2v) is 8.27. The molecule has 0 amide bonds. The van der Waals surface area contributed by atoms with E-state index in [1.807, 2.05) is 26.0 Å². The molecule has 160 valence electrons. The van der Waals surface area contributed by atoms with Gasteiger partial charge < -0.3 is 13.8 Å². The van der Waals surface area contributed by atoms with Crippen molar-refractivity contribution in [3.8, 4) is 11.1 Å². The Morgan fingerprint density at radius 2 is 1.81 bits per heavy atom. The van der Waals surface area contributed by atoms with Crippen molar-refractivity contribution in [3.05, 3.63) is 71.1 Å². The average Bonchev–Trinajstić information content (AvgIpc) is 3.32. The van der Waals surface area contributed by atoms with Gasteiger partial charge in [0.05, 0.1) is 16.7 Å². The topological polar surface area (TPSA) is 53.1 Å². The second kappa shape index (κ2) is 8.27. The molecule has 3 heterocycles. The first-order valence-corrected chi connectivity index (χ1v) is 10.9. The van der Waals surface area contributed by atoms with Crippen molar-refractivity contribution in [2.75, 3.05) is 13.2 Å². The number of halogens is 1. The molecule has 0 atom stereocenters. The van der Waals surface area contributed by atoms with Gasteiger partial charge in [0.2, 0.25) is 0 Å². The molecule has 6 heteroatoms. The number of hydrogen-bond donors (Lipinski definition) is 0. The van der Waals surface area contributed by atoms with Gasteiger partial charge in [-0.2, -0.15) is 0 Å². The molecule has 31 heavy (non-hydrogen) atoms. The minimum absolute atomic E-state index is 0.204. The van der Waals surface area contributed by atoms with Crippen LogP contribution in [0.15, 0.2) is 47.0 Å². The fourth-order valence-electron chi connectivity index (χ4n) is 4.63. The maximum absolute atomic E-state index is 13.3. The zero-order valence-electron chi connectivity index (χ0n) is 17.9. The Hall–Kier alpha value is -2.99. The summed E-state index contributed by atoms with van der Waals surface area (Å²) in [7, 11) is 0. The highest BCUT2D eigenvalue weighted by Gasteiger charge is 2.22. The van der Waals surface area contributed by atoms with Gasteiger partial charge >= 0.3 is 0 Å². The molecule has 1 aliphatic rings. The van der Waals surface area contributed by atoms with Crippen LogP contribution in [0, 0.1) is 19.7 Å². The molecule has 0 spiro atoms. The third-order valence-corrected chi connectivity index (χ3v) is 6.19. The minimum Gasteiger partial charge on any atom is -0.381 e. The van der Waals surface area contributed by atoms with Gasteiger partial charge in [0.1, 0.15) is 17.4 Å². The Balaban J connectivity index is 1.54. The smallest absolute Gasteiger partial charge is 0.141 e. The number of aryl methyl sites for hydroxylation is 4. The van der Waals surface area contributed by atoms with Crippen molar-refractivity contribution < 1.29 is 13.7 Å². The number of ether oxygens (including phenoxy) is 1. The summed E-state index contributed by atoms with van der Waals surface area (Å²) >= 11 is 0. The summed E-state index contributed by atoms with van der Waals surface area (Å²) in [5.41, 5.74) is 6.25. The predicted molar refractivity (Wildman–Crippen MR) is 118 cm³/mol. The summed E-state index contributed by atoms with van der Waals surface area (Å²) in [6.45, 7) is 5.46. The first-order chi connectivity index (χ1) is 15.1. The van der Waals surface area contributed by atoms with Crippen LogP contribution in [0.4, 0.5) is 4.39 Å². The van der Waals surface area contributed by atoms with E-state index in [1.165, 1.54) is 12.1 Å². The zero-order chi connectivity index (χ0) is 21.4. The molecule has 2 aromatic carbocycles. The van der Waals surface area contributed by atoms with Gasteiger partial charge in [0.15, 0.2) is 0 Å². The first kappa shape index (κ1) is 19.9. The third kappa shape index (κ3) is 3.88. The van der Waals surface area contributed by atoms with Gasteiger partial charge in [-0.15, -0.1) is 0 Å². The summed E-state index contributed by atoms with van der Waals surface area (Å²) in [5.74, 6) is 1.68. The Labute approximate surface area is 180 Å². The van der Waals surface area contributed by atoms with Crippen LogP contribution in [0.3, 0.4) is 0 Å². The van der Waals surface area contributed by atoms with Gasteiger partial charge in [-0.25, -0.2) is 9.37 Å². The number of fused-ring (bicyclic) bond motifs is 1. The minimum atomic E-state index is -0.204. The molecule has 1 aliphatic heterocycles. The van der Waals surface area contributed by atoms with E-state index < -0.39 is 0 Å². The molecular formula is C25H26FN3O2. The number of hydrogen-bond acceptors (Lipinski definition) is 4. The standard InChI is InChI=1S/C25H26FN3O2/c1-16-25(17(2)31-28-16)19-6-9-23-22(15-19)27-24(29(23)21-11-13-30-14-12-21)10-5-18-3-7-20(26)8-4-18/h3-4,6-9,15,21H,5,10-14H2,1-2H3. The van der Waals surface area contributed by atoms with Crippen molar-refractivity contribution in [3.63, 3.8) is 0 Å². The Morgan fingerprint density at radius 1 is 1.03 bits per heavy atom. The largest absolute Gasteiger partial charge is 0.381 e. The molecule has 0 N–H and O–H groups in total. The lowest BCUT2D eigenvalue weighted by Crippen LogP contribution is -2.21. The fourth-order valence-corrected chi connectivity index (χ4v) is 4.63. The highest BCUT2D eigenvalue weighted by Crippen LogP contribution is 2.33. The molecule has 4 aromatic rings. The van der Waals surface area contributed by atoms with Crippen LogP contribution in [0.2, 0.25) is 0 Å².